The summed E-state index contributed by atoms with van der Waals surface area (Å²) in [6.07, 6.45) is 4.00. The van der Waals surface area contributed by atoms with E-state index in [1.54, 1.807) is 18.2 Å². The highest BCUT2D eigenvalue weighted by Crippen LogP contribution is 2.18. The van der Waals surface area contributed by atoms with Crippen LogP contribution in [0.25, 0.3) is 10.9 Å². The summed E-state index contributed by atoms with van der Waals surface area (Å²) in [6.45, 7) is 2.61. The molecule has 1 fully saturated rings. The van der Waals surface area contributed by atoms with Gasteiger partial charge in [-0.25, -0.2) is 0 Å². The van der Waals surface area contributed by atoms with Gasteiger partial charge in [-0.15, -0.1) is 0 Å². The molecule has 6 heteroatoms. The predicted molar refractivity (Wildman–Crippen MR) is 83.6 cm³/mol. The van der Waals surface area contributed by atoms with Crippen LogP contribution in [0.15, 0.2) is 30.5 Å². The molecule has 0 unspecified atom stereocenters. The summed E-state index contributed by atoms with van der Waals surface area (Å²) in [7, 11) is -1.45. The van der Waals surface area contributed by atoms with Crippen molar-refractivity contribution >= 4 is 29.2 Å². The number of pyridine rings is 1. The number of rotatable bonds is 4. The van der Waals surface area contributed by atoms with Gasteiger partial charge >= 0.3 is 7.12 Å². The molecule has 5 nitrogen and oxygen atoms in total. The monoisotopic (exact) mass is 286 g/mol. The quantitative estimate of drug-likeness (QED) is 0.723. The second kappa shape index (κ2) is 6.43. The fourth-order valence-corrected chi connectivity index (χ4v) is 2.62. The van der Waals surface area contributed by atoms with Crippen molar-refractivity contribution in [2.24, 2.45) is 5.92 Å². The highest BCUT2D eigenvalue weighted by Gasteiger charge is 2.14. The number of hydrogen-bond acceptors (Lipinski definition) is 5. The van der Waals surface area contributed by atoms with Gasteiger partial charge in [0.2, 0.25) is 0 Å². The van der Waals surface area contributed by atoms with Crippen LogP contribution in [0.1, 0.15) is 12.8 Å². The molecular weight excluding hydrogens is 267 g/mol. The average molecular weight is 286 g/mol. The van der Waals surface area contributed by atoms with Crippen molar-refractivity contribution in [1.29, 1.82) is 0 Å². The van der Waals surface area contributed by atoms with Gasteiger partial charge in [0.05, 0.1) is 17.4 Å². The zero-order chi connectivity index (χ0) is 14.7. The minimum atomic E-state index is -1.45. The van der Waals surface area contributed by atoms with Crippen LogP contribution in [0.4, 0.5) is 5.69 Å². The van der Waals surface area contributed by atoms with E-state index < -0.39 is 7.12 Å². The first kappa shape index (κ1) is 14.3. The van der Waals surface area contributed by atoms with Gasteiger partial charge in [-0.3, -0.25) is 4.98 Å². The number of benzene rings is 1. The molecular formula is C15H19BN2O3. The highest BCUT2D eigenvalue weighted by atomic mass is 16.5. The van der Waals surface area contributed by atoms with E-state index in [9.17, 15) is 10.0 Å². The molecule has 21 heavy (non-hydrogen) atoms. The fourth-order valence-electron chi connectivity index (χ4n) is 2.62. The summed E-state index contributed by atoms with van der Waals surface area (Å²) >= 11 is 0. The summed E-state index contributed by atoms with van der Waals surface area (Å²) in [5.41, 5.74) is 2.28. The lowest BCUT2D eigenvalue weighted by atomic mass is 9.80. The van der Waals surface area contributed by atoms with Crippen molar-refractivity contribution in [3.8, 4) is 0 Å². The Labute approximate surface area is 124 Å². The van der Waals surface area contributed by atoms with Gasteiger partial charge in [0.25, 0.3) is 0 Å². The smallest absolute Gasteiger partial charge is 0.423 e. The minimum absolute atomic E-state index is 0.478. The van der Waals surface area contributed by atoms with Crippen LogP contribution in [-0.2, 0) is 4.74 Å². The van der Waals surface area contributed by atoms with E-state index in [2.05, 4.69) is 10.3 Å². The maximum Gasteiger partial charge on any atom is 0.488 e. The lowest BCUT2D eigenvalue weighted by molar-refractivity contribution is 0.0699. The van der Waals surface area contributed by atoms with Gasteiger partial charge in [0, 0.05) is 25.1 Å². The fraction of sp³-hybridized carbons (Fsp3) is 0.400. The molecule has 0 saturated carbocycles. The van der Waals surface area contributed by atoms with Crippen molar-refractivity contribution in [3.63, 3.8) is 0 Å². The van der Waals surface area contributed by atoms with Crippen LogP contribution in [0.5, 0.6) is 0 Å². The Kier molecular flexibility index (Phi) is 4.38. The number of hydrogen-bond donors (Lipinski definition) is 3. The van der Waals surface area contributed by atoms with Gasteiger partial charge in [-0.1, -0.05) is 12.1 Å². The van der Waals surface area contributed by atoms with Gasteiger partial charge < -0.3 is 20.1 Å². The van der Waals surface area contributed by atoms with Crippen molar-refractivity contribution < 1.29 is 14.8 Å². The van der Waals surface area contributed by atoms with Gasteiger partial charge in [0.1, 0.15) is 0 Å². The Hall–Kier alpha value is -1.63. The molecule has 2 heterocycles. The molecule has 3 N–H and O–H groups in total. The van der Waals surface area contributed by atoms with Gasteiger partial charge in [-0.05, 0) is 36.4 Å². The molecule has 1 aromatic carbocycles. The first-order chi connectivity index (χ1) is 10.2. The van der Waals surface area contributed by atoms with E-state index in [4.69, 9.17) is 4.74 Å². The Morgan fingerprint density at radius 2 is 2.05 bits per heavy atom. The number of anilines is 1. The molecule has 1 aromatic heterocycles. The summed E-state index contributed by atoms with van der Waals surface area (Å²) in [5, 5.41) is 22.8. The predicted octanol–water partition coefficient (Wildman–Crippen LogP) is 0.753. The Morgan fingerprint density at radius 3 is 2.81 bits per heavy atom. The SMILES string of the molecule is OB(O)c1ccc2ncc(NCC3CCOCC3)cc2c1. The van der Waals surface area contributed by atoms with Crippen molar-refractivity contribution in [2.75, 3.05) is 25.1 Å². The second-order valence-corrected chi connectivity index (χ2v) is 5.49. The number of nitrogens with zero attached hydrogens (tertiary/aromatic N) is 1. The molecule has 3 rings (SSSR count). The standard InChI is InChI=1S/C15H19BN2O3/c19-16(20)13-1-2-15-12(7-13)8-14(10-18-15)17-9-11-3-5-21-6-4-11/h1-2,7-8,10-11,17,19-20H,3-6,9H2. The van der Waals surface area contributed by atoms with Gasteiger partial charge in [-0.2, -0.15) is 0 Å². The van der Waals surface area contributed by atoms with E-state index in [1.807, 2.05) is 12.3 Å². The summed E-state index contributed by atoms with van der Waals surface area (Å²) < 4.78 is 5.36. The lowest BCUT2D eigenvalue weighted by Gasteiger charge is -2.22. The number of ether oxygens (including phenoxy) is 1. The Morgan fingerprint density at radius 1 is 1.24 bits per heavy atom. The molecule has 0 spiro atoms. The van der Waals surface area contributed by atoms with Crippen molar-refractivity contribution in [2.45, 2.75) is 12.8 Å². The zero-order valence-electron chi connectivity index (χ0n) is 11.8. The molecule has 0 atom stereocenters. The molecule has 1 saturated heterocycles. The third kappa shape index (κ3) is 3.53. The molecule has 1 aliphatic rings. The number of fused-ring (bicyclic) bond motifs is 1. The van der Waals surface area contributed by atoms with Crippen LogP contribution < -0.4 is 10.8 Å². The van der Waals surface area contributed by atoms with Crippen LogP contribution >= 0.6 is 0 Å². The maximum absolute atomic E-state index is 9.23. The lowest BCUT2D eigenvalue weighted by Crippen LogP contribution is -2.29. The summed E-state index contributed by atoms with van der Waals surface area (Å²) in [6, 6.07) is 7.22. The van der Waals surface area contributed by atoms with E-state index in [0.29, 0.717) is 11.4 Å². The van der Waals surface area contributed by atoms with E-state index in [1.165, 1.54) is 0 Å². The average Bonchev–Trinajstić information content (AvgIpc) is 2.53. The number of aromatic nitrogens is 1. The first-order valence-electron chi connectivity index (χ1n) is 7.30. The van der Waals surface area contributed by atoms with E-state index >= 15 is 0 Å². The Bertz CT molecular complexity index is 615. The Balaban J connectivity index is 1.73. The first-order valence-corrected chi connectivity index (χ1v) is 7.30. The molecule has 0 bridgehead atoms. The third-order valence-corrected chi connectivity index (χ3v) is 3.94. The minimum Gasteiger partial charge on any atom is -0.423 e. The van der Waals surface area contributed by atoms with Gasteiger partial charge in [0.15, 0.2) is 0 Å². The van der Waals surface area contributed by atoms with E-state index in [-0.39, 0.29) is 0 Å². The van der Waals surface area contributed by atoms with Crippen LogP contribution in [0, 0.1) is 5.92 Å². The van der Waals surface area contributed by atoms with Crippen LogP contribution in [0.3, 0.4) is 0 Å². The molecule has 0 aliphatic carbocycles. The maximum atomic E-state index is 9.23. The van der Waals surface area contributed by atoms with Crippen LogP contribution in [0.2, 0.25) is 0 Å². The molecule has 0 radical (unpaired) electrons. The highest BCUT2D eigenvalue weighted by molar-refractivity contribution is 6.58. The summed E-state index contributed by atoms with van der Waals surface area (Å²) in [5.74, 6) is 0.639. The normalized spacial score (nSPS) is 16.1. The topological polar surface area (TPSA) is 74.6 Å². The second-order valence-electron chi connectivity index (χ2n) is 5.49. The third-order valence-electron chi connectivity index (χ3n) is 3.94. The number of nitrogens with one attached hydrogen (secondary N) is 1. The molecule has 2 aromatic rings. The van der Waals surface area contributed by atoms with Crippen molar-refractivity contribution in [3.05, 3.63) is 30.5 Å². The van der Waals surface area contributed by atoms with Crippen LogP contribution in [-0.4, -0.2) is 41.9 Å². The summed E-state index contributed by atoms with van der Waals surface area (Å²) in [4.78, 5) is 4.39. The van der Waals surface area contributed by atoms with Crippen molar-refractivity contribution in [1.82, 2.24) is 4.98 Å². The zero-order valence-corrected chi connectivity index (χ0v) is 11.8. The molecule has 0 amide bonds. The largest absolute Gasteiger partial charge is 0.488 e. The molecule has 1 aliphatic heterocycles. The van der Waals surface area contributed by atoms with E-state index in [0.717, 1.165) is 49.2 Å². The molecule has 110 valence electrons.